The number of anilines is 1. The van der Waals surface area contributed by atoms with Crippen LogP contribution in [0.15, 0.2) is 79.0 Å². The lowest BCUT2D eigenvalue weighted by atomic mass is 10.0. The van der Waals surface area contributed by atoms with E-state index >= 15 is 0 Å². The van der Waals surface area contributed by atoms with E-state index in [2.05, 4.69) is 63.0 Å². The Bertz CT molecular complexity index is 1070. The van der Waals surface area contributed by atoms with E-state index in [4.69, 9.17) is 22.6 Å². The van der Waals surface area contributed by atoms with Crippen molar-refractivity contribution in [3.63, 3.8) is 0 Å². The molecule has 3 aromatic rings. The van der Waals surface area contributed by atoms with Gasteiger partial charge < -0.3 is 11.1 Å². The van der Waals surface area contributed by atoms with Crippen molar-refractivity contribution in [2.24, 2.45) is 5.73 Å². The van der Waals surface area contributed by atoms with Crippen molar-refractivity contribution in [1.29, 1.82) is 5.26 Å². The van der Waals surface area contributed by atoms with Crippen LogP contribution in [0, 0.1) is 25.2 Å². The molecule has 0 heterocycles. The van der Waals surface area contributed by atoms with E-state index in [1.807, 2.05) is 56.3 Å². The Labute approximate surface area is 211 Å². The highest BCUT2D eigenvalue weighted by Crippen LogP contribution is 2.21. The number of halogens is 1. The van der Waals surface area contributed by atoms with Crippen LogP contribution in [0.1, 0.15) is 56.7 Å². The first kappa shape index (κ1) is 29.0. The maximum atomic E-state index is 8.80. The highest BCUT2D eigenvalue weighted by atomic mass is 35.5. The average Bonchev–Trinajstić information content (AvgIpc) is 2.82. The highest BCUT2D eigenvalue weighted by molar-refractivity contribution is 6.31. The topological polar surface area (TPSA) is 61.8 Å². The fourth-order valence-electron chi connectivity index (χ4n) is 3.01. The first-order chi connectivity index (χ1) is 16.2. The van der Waals surface area contributed by atoms with Gasteiger partial charge in [-0.2, -0.15) is 5.26 Å². The molecular formula is C30H38ClN3. The second-order valence-electron chi connectivity index (χ2n) is 8.38. The number of hydrogen-bond donors (Lipinski definition) is 2. The van der Waals surface area contributed by atoms with E-state index in [9.17, 15) is 0 Å². The van der Waals surface area contributed by atoms with E-state index in [1.54, 1.807) is 0 Å². The molecule has 0 aliphatic heterocycles. The van der Waals surface area contributed by atoms with E-state index in [1.165, 1.54) is 18.4 Å². The number of nitrogens with two attached hydrogens (primary N) is 1. The van der Waals surface area contributed by atoms with Crippen molar-refractivity contribution < 1.29 is 0 Å². The van der Waals surface area contributed by atoms with Crippen LogP contribution in [0.4, 0.5) is 5.69 Å². The SMILES string of the molecule is C=C(C)Nc1ccc(C)c(Cl)c1.CCCC(N)CC.Cc1ccc(-c2cccc(C#N)c2)cc1. The van der Waals surface area contributed by atoms with Crippen molar-refractivity contribution in [3.8, 4) is 17.2 Å². The van der Waals surface area contributed by atoms with Crippen LogP contribution in [0.2, 0.25) is 5.02 Å². The summed E-state index contributed by atoms with van der Waals surface area (Å²) in [5, 5.41) is 12.7. The van der Waals surface area contributed by atoms with Crippen molar-refractivity contribution in [2.75, 3.05) is 5.32 Å². The average molecular weight is 476 g/mol. The standard InChI is InChI=1S/C14H11N.C10H12ClN.C6H15N/c1-11-5-7-13(8-6-11)14-4-2-3-12(9-14)10-15;1-7(2)12-9-5-4-8(3)10(11)6-9;1-3-5-6(7)4-2/h2-9H,1H3;4-6,12H,1H2,2-3H3;6H,3-5,7H2,1-2H3. The minimum atomic E-state index is 0.449. The molecule has 0 aromatic heterocycles. The van der Waals surface area contributed by atoms with E-state index < -0.39 is 0 Å². The van der Waals surface area contributed by atoms with Crippen molar-refractivity contribution >= 4 is 17.3 Å². The summed E-state index contributed by atoms with van der Waals surface area (Å²) in [5.41, 5.74) is 12.8. The summed E-state index contributed by atoms with van der Waals surface area (Å²) >= 11 is 5.93. The molecule has 0 aliphatic rings. The summed E-state index contributed by atoms with van der Waals surface area (Å²) in [7, 11) is 0. The Balaban J connectivity index is 0.000000274. The molecule has 3 aromatic carbocycles. The molecule has 0 radical (unpaired) electrons. The van der Waals surface area contributed by atoms with Gasteiger partial charge in [-0.05, 0) is 74.6 Å². The molecule has 0 bridgehead atoms. The largest absolute Gasteiger partial charge is 0.360 e. The number of allylic oxidation sites excluding steroid dienone is 1. The number of nitrogens with zero attached hydrogens (tertiary/aromatic N) is 1. The van der Waals surface area contributed by atoms with Crippen molar-refractivity contribution in [2.45, 2.75) is 59.9 Å². The summed E-state index contributed by atoms with van der Waals surface area (Å²) < 4.78 is 0. The molecule has 3 nitrogen and oxygen atoms in total. The Kier molecular flexibility index (Phi) is 13.4. The molecule has 0 aliphatic carbocycles. The van der Waals surface area contributed by atoms with E-state index in [0.29, 0.717) is 11.6 Å². The molecule has 0 saturated heterocycles. The third kappa shape index (κ3) is 11.2. The highest BCUT2D eigenvalue weighted by Gasteiger charge is 1.98. The number of hydrogen-bond acceptors (Lipinski definition) is 3. The van der Waals surface area contributed by atoms with Crippen LogP contribution in [0.3, 0.4) is 0 Å². The lowest BCUT2D eigenvalue weighted by molar-refractivity contribution is 0.587. The number of aryl methyl sites for hydroxylation is 2. The lowest BCUT2D eigenvalue weighted by Gasteiger charge is -2.06. The van der Waals surface area contributed by atoms with Crippen molar-refractivity contribution in [1.82, 2.24) is 0 Å². The fraction of sp³-hybridized carbons (Fsp3) is 0.300. The number of rotatable bonds is 6. The van der Waals surface area contributed by atoms with Gasteiger partial charge >= 0.3 is 0 Å². The van der Waals surface area contributed by atoms with Crippen molar-refractivity contribution in [3.05, 3.63) is 101 Å². The third-order valence-electron chi connectivity index (χ3n) is 5.09. The maximum Gasteiger partial charge on any atom is 0.0991 e. The molecule has 1 unspecified atom stereocenters. The lowest BCUT2D eigenvalue weighted by Crippen LogP contribution is -2.17. The second-order valence-corrected chi connectivity index (χ2v) is 8.79. The van der Waals surface area contributed by atoms with Crippen LogP contribution in [0.25, 0.3) is 11.1 Å². The fourth-order valence-corrected chi connectivity index (χ4v) is 3.19. The smallest absolute Gasteiger partial charge is 0.0991 e. The van der Waals surface area contributed by atoms with Gasteiger partial charge in [0.15, 0.2) is 0 Å². The van der Waals surface area contributed by atoms with Gasteiger partial charge in [0.1, 0.15) is 0 Å². The molecule has 180 valence electrons. The second kappa shape index (κ2) is 15.7. The molecule has 0 amide bonds. The Hall–Kier alpha value is -3.06. The molecule has 4 heteroatoms. The minimum absolute atomic E-state index is 0.449. The summed E-state index contributed by atoms with van der Waals surface area (Å²) in [6.07, 6.45) is 3.51. The molecular weight excluding hydrogens is 438 g/mol. The zero-order chi connectivity index (χ0) is 25.5. The predicted molar refractivity (Wildman–Crippen MR) is 149 cm³/mol. The summed E-state index contributed by atoms with van der Waals surface area (Å²) in [6.45, 7) is 14.0. The number of nitriles is 1. The zero-order valence-electron chi connectivity index (χ0n) is 21.2. The van der Waals surface area contributed by atoms with Crippen LogP contribution in [0.5, 0.6) is 0 Å². The summed E-state index contributed by atoms with van der Waals surface area (Å²) in [6, 6.07) is 24.4. The van der Waals surface area contributed by atoms with Gasteiger partial charge in [0, 0.05) is 22.4 Å². The molecule has 0 saturated carbocycles. The van der Waals surface area contributed by atoms with Gasteiger partial charge in [-0.1, -0.05) is 86.5 Å². The quantitative estimate of drug-likeness (QED) is 0.374. The number of benzene rings is 3. The van der Waals surface area contributed by atoms with Gasteiger partial charge in [0.2, 0.25) is 0 Å². The normalized spacial score (nSPS) is 10.5. The number of nitrogens with one attached hydrogen (secondary N) is 1. The van der Waals surface area contributed by atoms with Crippen LogP contribution < -0.4 is 11.1 Å². The van der Waals surface area contributed by atoms with Crippen LogP contribution in [-0.4, -0.2) is 6.04 Å². The predicted octanol–water partition coefficient (Wildman–Crippen LogP) is 8.65. The third-order valence-corrected chi connectivity index (χ3v) is 5.50. The summed E-state index contributed by atoms with van der Waals surface area (Å²) in [4.78, 5) is 0. The molecule has 34 heavy (non-hydrogen) atoms. The van der Waals surface area contributed by atoms with E-state index in [-0.39, 0.29) is 0 Å². The monoisotopic (exact) mass is 475 g/mol. The van der Waals surface area contributed by atoms with Gasteiger partial charge in [0.05, 0.1) is 11.6 Å². The molecule has 1 atom stereocenters. The van der Waals surface area contributed by atoms with E-state index in [0.717, 1.165) is 39.5 Å². The first-order valence-electron chi connectivity index (χ1n) is 11.7. The first-order valence-corrected chi connectivity index (χ1v) is 12.1. The van der Waals surface area contributed by atoms with Crippen LogP contribution in [-0.2, 0) is 0 Å². The Morgan fingerprint density at radius 3 is 2.21 bits per heavy atom. The summed E-state index contributed by atoms with van der Waals surface area (Å²) in [5.74, 6) is 0. The van der Waals surface area contributed by atoms with Crippen LogP contribution >= 0.6 is 11.6 Å². The maximum absolute atomic E-state index is 8.80. The molecule has 0 spiro atoms. The van der Waals surface area contributed by atoms with Gasteiger partial charge in [-0.15, -0.1) is 0 Å². The molecule has 3 N–H and O–H groups in total. The Morgan fingerprint density at radius 1 is 1.03 bits per heavy atom. The Morgan fingerprint density at radius 2 is 1.71 bits per heavy atom. The molecule has 0 fully saturated rings. The van der Waals surface area contributed by atoms with Gasteiger partial charge in [-0.3, -0.25) is 0 Å². The zero-order valence-corrected chi connectivity index (χ0v) is 21.9. The minimum Gasteiger partial charge on any atom is -0.360 e. The molecule has 3 rings (SSSR count). The van der Waals surface area contributed by atoms with Gasteiger partial charge in [-0.25, -0.2) is 0 Å². The van der Waals surface area contributed by atoms with Gasteiger partial charge in [0.25, 0.3) is 0 Å².